The molecule has 0 saturated carbocycles. The molecule has 75 heavy (non-hydrogen) atoms. The third kappa shape index (κ3) is 18.2. The molecular formula is C54H42Cl12N6O3. The smallest absolute Gasteiger partial charge is 0.102 e. The van der Waals surface area contributed by atoms with Crippen LogP contribution < -0.4 is 0 Å². The van der Waals surface area contributed by atoms with Gasteiger partial charge < -0.3 is 27.9 Å². The molecule has 3 unspecified atom stereocenters. The van der Waals surface area contributed by atoms with Gasteiger partial charge in [-0.25, -0.2) is 15.0 Å². The molecule has 6 aromatic carbocycles. The highest BCUT2D eigenvalue weighted by atomic mass is 35.5. The highest BCUT2D eigenvalue weighted by Crippen LogP contribution is 2.35. The fourth-order valence-corrected chi connectivity index (χ4v) is 10.2. The molecule has 3 aromatic heterocycles. The van der Waals surface area contributed by atoms with E-state index in [0.29, 0.717) is 99.7 Å². The van der Waals surface area contributed by atoms with Crippen LogP contribution in [0.15, 0.2) is 165 Å². The average molecular weight is 1250 g/mol. The van der Waals surface area contributed by atoms with Crippen molar-refractivity contribution in [2.45, 2.75) is 57.8 Å². The first-order valence-electron chi connectivity index (χ1n) is 22.5. The zero-order chi connectivity index (χ0) is 53.4. The van der Waals surface area contributed by atoms with E-state index in [1.807, 2.05) is 68.7 Å². The summed E-state index contributed by atoms with van der Waals surface area (Å²) in [5.41, 5.74) is 5.12. The molecule has 3 heterocycles. The van der Waals surface area contributed by atoms with Crippen molar-refractivity contribution in [1.29, 1.82) is 0 Å². The summed E-state index contributed by atoms with van der Waals surface area (Å²) in [7, 11) is 0. The Labute approximate surface area is 494 Å². The Morgan fingerprint density at radius 3 is 0.773 bits per heavy atom. The summed E-state index contributed by atoms with van der Waals surface area (Å²) in [6.45, 7) is 2.67. The van der Waals surface area contributed by atoms with Crippen LogP contribution in [0.5, 0.6) is 0 Å². The minimum absolute atomic E-state index is 0.286. The fraction of sp³-hybridized carbons (Fsp3) is 0.167. The van der Waals surface area contributed by atoms with Gasteiger partial charge in [0.2, 0.25) is 0 Å². The molecule has 0 radical (unpaired) electrons. The molecule has 0 spiro atoms. The maximum Gasteiger partial charge on any atom is 0.102 e. The number of imidazole rings is 3. The van der Waals surface area contributed by atoms with Gasteiger partial charge in [-0.2, -0.15) is 0 Å². The quantitative estimate of drug-likeness (QED) is 0.0851. The number of hydrogen-bond donors (Lipinski definition) is 0. The van der Waals surface area contributed by atoms with E-state index in [-0.39, 0.29) is 18.3 Å². The molecule has 0 saturated heterocycles. The number of hydrogen-bond acceptors (Lipinski definition) is 6. The van der Waals surface area contributed by atoms with Crippen LogP contribution in [-0.4, -0.2) is 28.7 Å². The number of aromatic nitrogens is 6. The molecule has 0 aliphatic rings. The van der Waals surface area contributed by atoms with Crippen LogP contribution in [0.25, 0.3) is 0 Å². The van der Waals surface area contributed by atoms with Gasteiger partial charge in [0.05, 0.1) is 58.4 Å². The minimum Gasteiger partial charge on any atom is -0.367 e. The summed E-state index contributed by atoms with van der Waals surface area (Å²) in [5, 5.41) is 6.86. The Morgan fingerprint density at radius 2 is 0.560 bits per heavy atom. The Morgan fingerprint density at radius 1 is 0.320 bits per heavy atom. The second-order valence-corrected chi connectivity index (χ2v) is 21.4. The SMILES string of the molecule is Clc1ccc(COC(Cn2ccnc2)c2ccc(Cl)cc2Cl)c(Cl)c1.Clc1ccc(COC(Cn2ccnc2)c2ccc(Cl)cc2Cl)c(Cl)c1.Clc1ccc(COC(Cn2ccnc2)c2ccc(Cl)cc2Cl)c(Cl)c1. The lowest BCUT2D eigenvalue weighted by atomic mass is 10.1. The van der Waals surface area contributed by atoms with Gasteiger partial charge in [0, 0.05) is 114 Å². The van der Waals surface area contributed by atoms with E-state index in [2.05, 4.69) is 15.0 Å². The minimum atomic E-state index is -0.286. The number of halogens is 12. The van der Waals surface area contributed by atoms with Gasteiger partial charge in [-0.15, -0.1) is 0 Å². The standard InChI is InChI=1S/3C18H14Cl4N2O/c3*19-13-2-1-12(16(21)7-13)10-25-18(9-24-6-5-23-11-24)15-4-3-14(20)8-17(15)22/h3*1-8,11,18H,9-10H2. The molecule has 9 rings (SSSR count). The highest BCUT2D eigenvalue weighted by molar-refractivity contribution is 6.37. The zero-order valence-corrected chi connectivity index (χ0v) is 48.1. The van der Waals surface area contributed by atoms with Crippen molar-refractivity contribution in [2.75, 3.05) is 0 Å². The Hall–Kier alpha value is -3.69. The van der Waals surface area contributed by atoms with E-state index in [1.54, 1.807) is 110 Å². The first-order valence-corrected chi connectivity index (χ1v) is 27.0. The lowest BCUT2D eigenvalue weighted by Crippen LogP contribution is -2.12. The van der Waals surface area contributed by atoms with Crippen LogP contribution >= 0.6 is 139 Å². The van der Waals surface area contributed by atoms with Crippen molar-refractivity contribution < 1.29 is 14.2 Å². The molecule has 9 nitrogen and oxygen atoms in total. The van der Waals surface area contributed by atoms with Crippen molar-refractivity contribution in [3.63, 3.8) is 0 Å². The summed E-state index contributed by atoms with van der Waals surface area (Å²) in [5.74, 6) is 0. The second-order valence-electron chi connectivity index (χ2n) is 16.4. The maximum atomic E-state index is 6.37. The summed E-state index contributed by atoms with van der Waals surface area (Å²) < 4.78 is 24.2. The predicted octanol–water partition coefficient (Wildman–Crippen LogP) is 19.4. The van der Waals surface area contributed by atoms with Crippen LogP contribution in [-0.2, 0) is 53.7 Å². The largest absolute Gasteiger partial charge is 0.367 e. The molecule has 0 amide bonds. The highest BCUT2D eigenvalue weighted by Gasteiger charge is 2.21. The molecule has 21 heteroatoms. The van der Waals surface area contributed by atoms with E-state index >= 15 is 0 Å². The van der Waals surface area contributed by atoms with Gasteiger partial charge in [0.1, 0.15) is 18.3 Å². The van der Waals surface area contributed by atoms with Crippen molar-refractivity contribution in [1.82, 2.24) is 28.7 Å². The van der Waals surface area contributed by atoms with Crippen LogP contribution in [0.4, 0.5) is 0 Å². The molecule has 3 atom stereocenters. The third-order valence-electron chi connectivity index (χ3n) is 11.1. The molecule has 9 aromatic rings. The lowest BCUT2D eigenvalue weighted by Gasteiger charge is -2.21. The van der Waals surface area contributed by atoms with Gasteiger partial charge in [-0.05, 0) is 89.5 Å². The average Bonchev–Trinajstić information content (AvgIpc) is 4.19. The summed E-state index contributed by atoms with van der Waals surface area (Å²) in [6.07, 6.45) is 15.1. The Balaban J connectivity index is 0.000000164. The van der Waals surface area contributed by atoms with Crippen LogP contribution in [0.1, 0.15) is 51.7 Å². The lowest BCUT2D eigenvalue weighted by molar-refractivity contribution is 0.0280. The number of benzene rings is 6. The molecule has 0 aliphatic heterocycles. The van der Waals surface area contributed by atoms with Crippen molar-refractivity contribution in [3.8, 4) is 0 Å². The molecule has 0 N–H and O–H groups in total. The molecular weight excluding hydrogens is 1210 g/mol. The molecule has 390 valence electrons. The van der Waals surface area contributed by atoms with Crippen molar-refractivity contribution >= 4 is 139 Å². The van der Waals surface area contributed by atoms with E-state index in [4.69, 9.17) is 153 Å². The monoisotopic (exact) mass is 1240 g/mol. The number of nitrogens with zero attached hydrogens (tertiary/aromatic N) is 6. The number of ether oxygens (including phenoxy) is 3. The van der Waals surface area contributed by atoms with Gasteiger partial charge >= 0.3 is 0 Å². The van der Waals surface area contributed by atoms with Gasteiger partial charge in [-0.1, -0.05) is 176 Å². The van der Waals surface area contributed by atoms with Gasteiger partial charge in [0.25, 0.3) is 0 Å². The first kappa shape index (κ1) is 59.0. The summed E-state index contributed by atoms with van der Waals surface area (Å²) in [6, 6.07) is 32.1. The van der Waals surface area contributed by atoms with Crippen molar-refractivity contribution in [2.24, 2.45) is 0 Å². The summed E-state index contributed by atoms with van der Waals surface area (Å²) >= 11 is 73.6. The fourth-order valence-electron chi connectivity index (χ4n) is 7.26. The normalized spacial score (nSPS) is 12.3. The number of rotatable bonds is 18. The molecule has 0 fully saturated rings. The second kappa shape index (κ2) is 29.3. The maximum absolute atomic E-state index is 6.37. The molecule has 0 bridgehead atoms. The van der Waals surface area contributed by atoms with E-state index in [1.165, 1.54) is 0 Å². The van der Waals surface area contributed by atoms with Crippen LogP contribution in [0.3, 0.4) is 0 Å². The van der Waals surface area contributed by atoms with Gasteiger partial charge in [0.15, 0.2) is 0 Å². The van der Waals surface area contributed by atoms with E-state index in [9.17, 15) is 0 Å². The van der Waals surface area contributed by atoms with Crippen LogP contribution in [0.2, 0.25) is 60.3 Å². The topological polar surface area (TPSA) is 81.1 Å². The van der Waals surface area contributed by atoms with Crippen molar-refractivity contribution in [3.05, 3.63) is 259 Å². The third-order valence-corrected chi connectivity index (χ3v) is 14.5. The predicted molar refractivity (Wildman–Crippen MR) is 308 cm³/mol. The van der Waals surface area contributed by atoms with E-state index < -0.39 is 0 Å². The Kier molecular flexibility index (Phi) is 23.1. The Bertz CT molecular complexity index is 2900. The van der Waals surface area contributed by atoms with Gasteiger partial charge in [-0.3, -0.25) is 0 Å². The molecule has 0 aliphatic carbocycles. The summed E-state index contributed by atoms with van der Waals surface area (Å²) in [4.78, 5) is 12.2. The van der Waals surface area contributed by atoms with Crippen LogP contribution in [0, 0.1) is 0 Å². The van der Waals surface area contributed by atoms with E-state index in [0.717, 1.165) is 33.4 Å². The zero-order valence-electron chi connectivity index (χ0n) is 39.0. The first-order chi connectivity index (χ1) is 36.1.